The predicted octanol–water partition coefficient (Wildman–Crippen LogP) is 3.61. The van der Waals surface area contributed by atoms with Crippen molar-refractivity contribution >= 4 is 12.0 Å². The van der Waals surface area contributed by atoms with Gasteiger partial charge in [-0.15, -0.1) is 0 Å². The molecular formula is C20H30N2O3. The van der Waals surface area contributed by atoms with Gasteiger partial charge in [0.25, 0.3) is 0 Å². The summed E-state index contributed by atoms with van der Waals surface area (Å²) in [5.41, 5.74) is 1.85. The van der Waals surface area contributed by atoms with E-state index >= 15 is 0 Å². The van der Waals surface area contributed by atoms with Crippen molar-refractivity contribution in [2.45, 2.75) is 71.6 Å². The van der Waals surface area contributed by atoms with Crippen molar-refractivity contribution in [1.29, 1.82) is 0 Å². The maximum absolute atomic E-state index is 12.8. The maximum Gasteiger partial charge on any atom is 0.408 e. The number of carbonyl (C=O) groups excluding carboxylic acids is 2. The van der Waals surface area contributed by atoms with Gasteiger partial charge in [0.2, 0.25) is 5.91 Å². The van der Waals surface area contributed by atoms with Gasteiger partial charge in [0, 0.05) is 18.5 Å². The number of hydrogen-bond donors (Lipinski definition) is 1. The van der Waals surface area contributed by atoms with Crippen molar-refractivity contribution in [2.75, 3.05) is 6.54 Å². The van der Waals surface area contributed by atoms with Gasteiger partial charge in [0.15, 0.2) is 0 Å². The fourth-order valence-corrected chi connectivity index (χ4v) is 3.57. The lowest BCUT2D eigenvalue weighted by Crippen LogP contribution is -2.58. The molecule has 1 aliphatic rings. The van der Waals surface area contributed by atoms with Crippen LogP contribution in [0.1, 0.15) is 58.1 Å². The minimum absolute atomic E-state index is 0.0364. The number of likely N-dealkylation sites (tertiary alicyclic amines) is 1. The van der Waals surface area contributed by atoms with Crippen LogP contribution in [0.4, 0.5) is 4.79 Å². The van der Waals surface area contributed by atoms with Crippen LogP contribution in [0.2, 0.25) is 0 Å². The number of aryl methyl sites for hydroxylation is 1. The Morgan fingerprint density at radius 2 is 1.96 bits per heavy atom. The molecule has 1 fully saturated rings. The van der Waals surface area contributed by atoms with Crippen LogP contribution in [-0.2, 0) is 9.53 Å². The van der Waals surface area contributed by atoms with Gasteiger partial charge in [-0.05, 0) is 59.1 Å². The van der Waals surface area contributed by atoms with Crippen molar-refractivity contribution in [1.82, 2.24) is 10.2 Å². The molecule has 1 aromatic rings. The van der Waals surface area contributed by atoms with E-state index in [1.54, 1.807) is 0 Å². The van der Waals surface area contributed by atoms with E-state index in [0.717, 1.165) is 0 Å². The van der Waals surface area contributed by atoms with Crippen molar-refractivity contribution < 1.29 is 14.3 Å². The standard InChI is InChI=1S/C20H30N2O3/c1-7-22-14(3)16(15-11-9-8-10-13(15)2)12-17(18(22)23)21-19(24)25-20(4,5)6/h8-11,14,16-17H,7,12H2,1-6H3,(H,21,24)/t14-,16-,17?/m1/s1. The van der Waals surface area contributed by atoms with Crippen LogP contribution in [0.15, 0.2) is 24.3 Å². The molecule has 1 N–H and O–H groups in total. The average molecular weight is 346 g/mol. The minimum Gasteiger partial charge on any atom is -0.444 e. The number of rotatable bonds is 3. The van der Waals surface area contributed by atoms with Gasteiger partial charge in [-0.25, -0.2) is 4.79 Å². The highest BCUT2D eigenvalue weighted by Gasteiger charge is 2.40. The molecule has 25 heavy (non-hydrogen) atoms. The molecule has 0 aliphatic carbocycles. The first-order valence-corrected chi connectivity index (χ1v) is 8.99. The molecule has 2 rings (SSSR count). The van der Waals surface area contributed by atoms with Crippen molar-refractivity contribution in [2.24, 2.45) is 0 Å². The predicted molar refractivity (Wildman–Crippen MR) is 98.5 cm³/mol. The summed E-state index contributed by atoms with van der Waals surface area (Å²) in [5, 5.41) is 2.78. The number of carbonyl (C=O) groups is 2. The Balaban J connectivity index is 2.24. The fraction of sp³-hybridized carbons (Fsp3) is 0.600. The van der Waals surface area contributed by atoms with Crippen LogP contribution in [0, 0.1) is 6.92 Å². The Bertz CT molecular complexity index is 636. The number of amides is 2. The molecule has 1 aromatic carbocycles. The van der Waals surface area contributed by atoms with Gasteiger partial charge in [-0.2, -0.15) is 0 Å². The zero-order chi connectivity index (χ0) is 18.8. The first-order valence-electron chi connectivity index (χ1n) is 8.99. The molecule has 0 saturated carbocycles. The van der Waals surface area contributed by atoms with Gasteiger partial charge < -0.3 is 15.0 Å². The highest BCUT2D eigenvalue weighted by atomic mass is 16.6. The molecule has 1 aliphatic heterocycles. The summed E-state index contributed by atoms with van der Waals surface area (Å²) < 4.78 is 5.33. The van der Waals surface area contributed by atoms with E-state index in [1.165, 1.54) is 11.1 Å². The Morgan fingerprint density at radius 1 is 1.32 bits per heavy atom. The Morgan fingerprint density at radius 3 is 2.52 bits per heavy atom. The number of nitrogens with one attached hydrogen (secondary N) is 1. The number of piperidine rings is 1. The normalized spacial score (nSPS) is 24.2. The number of ether oxygens (including phenoxy) is 1. The molecule has 5 heteroatoms. The second-order valence-corrected chi connectivity index (χ2v) is 7.76. The molecule has 0 aromatic heterocycles. The van der Waals surface area contributed by atoms with E-state index in [2.05, 4.69) is 31.3 Å². The van der Waals surface area contributed by atoms with Crippen LogP contribution >= 0.6 is 0 Å². The first-order chi connectivity index (χ1) is 11.6. The monoisotopic (exact) mass is 346 g/mol. The van der Waals surface area contributed by atoms with Gasteiger partial charge in [0.05, 0.1) is 0 Å². The molecule has 1 saturated heterocycles. The molecule has 0 bridgehead atoms. The Kier molecular flexibility index (Phi) is 5.76. The Labute approximate surface area is 150 Å². The van der Waals surface area contributed by atoms with E-state index < -0.39 is 17.7 Å². The summed E-state index contributed by atoms with van der Waals surface area (Å²) in [5.74, 6) is 0.143. The van der Waals surface area contributed by atoms with E-state index in [-0.39, 0.29) is 17.9 Å². The van der Waals surface area contributed by atoms with Crippen molar-refractivity contribution in [3.05, 3.63) is 35.4 Å². The van der Waals surface area contributed by atoms with Crippen LogP contribution in [-0.4, -0.2) is 41.1 Å². The van der Waals surface area contributed by atoms with E-state index in [4.69, 9.17) is 4.74 Å². The summed E-state index contributed by atoms with van der Waals surface area (Å²) in [6.45, 7) is 12.2. The molecule has 1 unspecified atom stereocenters. The minimum atomic E-state index is -0.588. The molecule has 0 radical (unpaired) electrons. The number of benzene rings is 1. The lowest BCUT2D eigenvalue weighted by molar-refractivity contribution is -0.139. The van der Waals surface area contributed by atoms with Gasteiger partial charge >= 0.3 is 6.09 Å². The Hall–Kier alpha value is -2.04. The third-order valence-corrected chi connectivity index (χ3v) is 4.76. The third-order valence-electron chi connectivity index (χ3n) is 4.76. The molecular weight excluding hydrogens is 316 g/mol. The third kappa shape index (κ3) is 4.53. The van der Waals surface area contributed by atoms with E-state index in [0.29, 0.717) is 13.0 Å². The average Bonchev–Trinajstić information content (AvgIpc) is 2.50. The van der Waals surface area contributed by atoms with E-state index in [9.17, 15) is 9.59 Å². The quantitative estimate of drug-likeness (QED) is 0.909. The maximum atomic E-state index is 12.8. The van der Waals surface area contributed by atoms with Crippen LogP contribution in [0.3, 0.4) is 0 Å². The van der Waals surface area contributed by atoms with Crippen molar-refractivity contribution in [3.63, 3.8) is 0 Å². The molecule has 2 amide bonds. The fourth-order valence-electron chi connectivity index (χ4n) is 3.57. The number of likely N-dealkylation sites (N-methyl/N-ethyl adjacent to an activating group) is 1. The van der Waals surface area contributed by atoms with Crippen LogP contribution in [0.5, 0.6) is 0 Å². The summed E-state index contributed by atoms with van der Waals surface area (Å²) in [4.78, 5) is 26.8. The second kappa shape index (κ2) is 7.46. The lowest BCUT2D eigenvalue weighted by atomic mass is 9.80. The van der Waals surface area contributed by atoms with Gasteiger partial charge in [-0.3, -0.25) is 4.79 Å². The highest BCUT2D eigenvalue weighted by Crippen LogP contribution is 2.34. The molecule has 3 atom stereocenters. The molecule has 1 heterocycles. The summed E-state index contributed by atoms with van der Waals surface area (Å²) in [6, 6.07) is 7.78. The largest absolute Gasteiger partial charge is 0.444 e. The van der Waals surface area contributed by atoms with Crippen molar-refractivity contribution in [3.8, 4) is 0 Å². The molecule has 5 nitrogen and oxygen atoms in total. The molecule has 0 spiro atoms. The number of nitrogens with zero attached hydrogens (tertiary/aromatic N) is 1. The zero-order valence-electron chi connectivity index (χ0n) is 16.1. The van der Waals surface area contributed by atoms with E-state index in [1.807, 2.05) is 44.7 Å². The van der Waals surface area contributed by atoms with Crippen LogP contribution in [0.25, 0.3) is 0 Å². The number of hydrogen-bond acceptors (Lipinski definition) is 3. The zero-order valence-corrected chi connectivity index (χ0v) is 16.1. The highest BCUT2D eigenvalue weighted by molar-refractivity contribution is 5.87. The SMILES string of the molecule is CCN1C(=O)C(NC(=O)OC(C)(C)C)C[C@@H](c2ccccc2C)[C@H]1C. The number of alkyl carbamates (subject to hydrolysis) is 1. The van der Waals surface area contributed by atoms with Crippen LogP contribution < -0.4 is 5.32 Å². The molecule has 138 valence electrons. The lowest BCUT2D eigenvalue weighted by Gasteiger charge is -2.43. The summed E-state index contributed by atoms with van der Waals surface area (Å²) >= 11 is 0. The smallest absolute Gasteiger partial charge is 0.408 e. The first kappa shape index (κ1) is 19.3. The van der Waals surface area contributed by atoms with Gasteiger partial charge in [-0.1, -0.05) is 24.3 Å². The topological polar surface area (TPSA) is 58.6 Å². The second-order valence-electron chi connectivity index (χ2n) is 7.76. The summed E-state index contributed by atoms with van der Waals surface area (Å²) in [7, 11) is 0. The summed E-state index contributed by atoms with van der Waals surface area (Å²) in [6.07, 6.45) is 0.0422. The van der Waals surface area contributed by atoms with Gasteiger partial charge in [0.1, 0.15) is 11.6 Å².